The minimum Gasteiger partial charge on any atom is -0.497 e. The molecule has 0 amide bonds. The highest BCUT2D eigenvalue weighted by atomic mass is 16.5. The van der Waals surface area contributed by atoms with Gasteiger partial charge in [0.25, 0.3) is 0 Å². The highest BCUT2D eigenvalue weighted by Crippen LogP contribution is 2.48. The van der Waals surface area contributed by atoms with Gasteiger partial charge in [0.15, 0.2) is 11.5 Å². The standard InChI is InChI=1S/C22H26N2O5/c1-11-15-9-24-5-4-12-14-7-19(27-2)20(28-3)8-17(14)23-21(12)18(24)6-13(15)16(10-29-11)22(25)26/h7-8,10-11,13,15,18,23H,4-6,9H2,1-3H3,(H,25,26)/t11-,13-,15-,18+/m0/s1. The average Bonchev–Trinajstić information content (AvgIpc) is 3.09. The van der Waals surface area contributed by atoms with E-state index in [0.717, 1.165) is 42.6 Å². The van der Waals surface area contributed by atoms with Crippen LogP contribution in [0.5, 0.6) is 11.5 Å². The van der Waals surface area contributed by atoms with E-state index in [0.29, 0.717) is 11.3 Å². The molecule has 4 heterocycles. The van der Waals surface area contributed by atoms with Crippen LogP contribution >= 0.6 is 0 Å². The van der Waals surface area contributed by atoms with E-state index in [2.05, 4.69) is 9.88 Å². The number of carbonyl (C=O) groups is 1. The number of H-pyrrole nitrogens is 1. The van der Waals surface area contributed by atoms with Crippen molar-refractivity contribution >= 4 is 16.9 Å². The van der Waals surface area contributed by atoms with E-state index in [1.165, 1.54) is 17.5 Å². The summed E-state index contributed by atoms with van der Waals surface area (Å²) in [6.07, 6.45) is 3.23. The van der Waals surface area contributed by atoms with Crippen LogP contribution < -0.4 is 9.47 Å². The van der Waals surface area contributed by atoms with Crippen molar-refractivity contribution < 1.29 is 24.1 Å². The van der Waals surface area contributed by atoms with E-state index in [4.69, 9.17) is 14.2 Å². The summed E-state index contributed by atoms with van der Waals surface area (Å²) in [6, 6.07) is 4.21. The Bertz CT molecular complexity index is 1010. The number of methoxy groups -OCH3 is 2. The Balaban J connectivity index is 1.57. The topological polar surface area (TPSA) is 84.0 Å². The third-order valence-corrected chi connectivity index (χ3v) is 6.96. The van der Waals surface area contributed by atoms with E-state index in [1.54, 1.807) is 14.2 Å². The van der Waals surface area contributed by atoms with Gasteiger partial charge in [0.2, 0.25) is 0 Å². The molecule has 0 spiro atoms. The van der Waals surface area contributed by atoms with Crippen LogP contribution in [0.25, 0.3) is 10.9 Å². The fraction of sp³-hybridized carbons (Fsp3) is 0.500. The minimum absolute atomic E-state index is 0.000987. The fourth-order valence-corrected chi connectivity index (χ4v) is 5.46. The predicted molar refractivity (Wildman–Crippen MR) is 107 cm³/mol. The Morgan fingerprint density at radius 1 is 1.28 bits per heavy atom. The monoisotopic (exact) mass is 398 g/mol. The third kappa shape index (κ3) is 2.71. The Labute approximate surface area is 169 Å². The normalized spacial score (nSPS) is 28.6. The molecule has 0 saturated carbocycles. The molecular weight excluding hydrogens is 372 g/mol. The number of aromatic nitrogens is 1. The van der Waals surface area contributed by atoms with Gasteiger partial charge in [-0.05, 0) is 31.4 Å². The molecule has 3 aliphatic heterocycles. The zero-order valence-electron chi connectivity index (χ0n) is 16.9. The van der Waals surface area contributed by atoms with Gasteiger partial charge in [0.1, 0.15) is 0 Å². The van der Waals surface area contributed by atoms with Gasteiger partial charge in [-0.2, -0.15) is 0 Å². The second kappa shape index (κ2) is 6.69. The van der Waals surface area contributed by atoms with Crippen molar-refractivity contribution in [1.29, 1.82) is 0 Å². The first-order chi connectivity index (χ1) is 14.0. The number of hydrogen-bond acceptors (Lipinski definition) is 5. The molecule has 0 aliphatic carbocycles. The van der Waals surface area contributed by atoms with Crippen LogP contribution in [-0.2, 0) is 16.0 Å². The maximum absolute atomic E-state index is 11.8. The molecule has 0 unspecified atom stereocenters. The molecule has 5 rings (SSSR count). The summed E-state index contributed by atoms with van der Waals surface area (Å²) in [5.74, 6) is 0.755. The second-order valence-corrected chi connectivity index (χ2v) is 8.26. The summed E-state index contributed by atoms with van der Waals surface area (Å²) < 4.78 is 16.6. The van der Waals surface area contributed by atoms with Crippen LogP contribution in [0, 0.1) is 11.8 Å². The fourth-order valence-electron chi connectivity index (χ4n) is 5.46. The number of fused-ring (bicyclic) bond motifs is 6. The molecule has 7 nitrogen and oxygen atoms in total. The lowest BCUT2D eigenvalue weighted by Gasteiger charge is -2.49. The van der Waals surface area contributed by atoms with Crippen molar-refractivity contribution in [1.82, 2.24) is 9.88 Å². The maximum atomic E-state index is 11.8. The van der Waals surface area contributed by atoms with Gasteiger partial charge >= 0.3 is 5.97 Å². The number of carboxylic acids is 1. The van der Waals surface area contributed by atoms with Gasteiger partial charge in [-0.25, -0.2) is 4.79 Å². The molecule has 0 bridgehead atoms. The number of ether oxygens (including phenoxy) is 3. The molecule has 4 atom stereocenters. The first-order valence-electron chi connectivity index (χ1n) is 10.1. The van der Waals surface area contributed by atoms with Crippen molar-refractivity contribution in [3.05, 3.63) is 35.2 Å². The number of benzene rings is 1. The van der Waals surface area contributed by atoms with Crippen molar-refractivity contribution in [2.24, 2.45) is 11.8 Å². The highest BCUT2D eigenvalue weighted by Gasteiger charge is 2.46. The molecule has 154 valence electrons. The molecule has 2 aromatic rings. The lowest BCUT2D eigenvalue weighted by molar-refractivity contribution is -0.135. The van der Waals surface area contributed by atoms with Crippen LogP contribution in [0.15, 0.2) is 24.0 Å². The number of piperidine rings is 1. The number of nitrogens with zero attached hydrogens (tertiary/aromatic N) is 1. The summed E-state index contributed by atoms with van der Waals surface area (Å²) in [6.45, 7) is 3.85. The Hall–Kier alpha value is -2.67. The highest BCUT2D eigenvalue weighted by molar-refractivity contribution is 5.89. The Morgan fingerprint density at radius 3 is 2.76 bits per heavy atom. The summed E-state index contributed by atoms with van der Waals surface area (Å²) >= 11 is 0. The average molecular weight is 398 g/mol. The van der Waals surface area contributed by atoms with Gasteiger partial charge in [-0.1, -0.05) is 0 Å². The number of nitrogens with one attached hydrogen (secondary N) is 1. The smallest absolute Gasteiger partial charge is 0.334 e. The number of carboxylic acid groups (broad SMARTS) is 1. The largest absolute Gasteiger partial charge is 0.497 e. The van der Waals surface area contributed by atoms with Crippen molar-refractivity contribution in [2.45, 2.75) is 31.9 Å². The first-order valence-corrected chi connectivity index (χ1v) is 10.1. The van der Waals surface area contributed by atoms with Gasteiger partial charge < -0.3 is 24.3 Å². The molecule has 1 fully saturated rings. The van der Waals surface area contributed by atoms with Crippen LogP contribution in [0.3, 0.4) is 0 Å². The van der Waals surface area contributed by atoms with E-state index in [-0.39, 0.29) is 24.0 Å². The van der Waals surface area contributed by atoms with Gasteiger partial charge in [-0.15, -0.1) is 0 Å². The second-order valence-electron chi connectivity index (χ2n) is 8.26. The van der Waals surface area contributed by atoms with E-state index >= 15 is 0 Å². The Morgan fingerprint density at radius 2 is 2.03 bits per heavy atom. The number of aliphatic carboxylic acids is 1. The zero-order chi connectivity index (χ0) is 20.3. The molecule has 1 saturated heterocycles. The number of hydrogen-bond donors (Lipinski definition) is 2. The minimum atomic E-state index is -0.873. The van der Waals surface area contributed by atoms with Crippen molar-refractivity contribution in [2.75, 3.05) is 27.3 Å². The van der Waals surface area contributed by atoms with Crippen LogP contribution in [0.2, 0.25) is 0 Å². The molecule has 3 aliphatic rings. The van der Waals surface area contributed by atoms with E-state index < -0.39 is 5.97 Å². The lowest BCUT2D eigenvalue weighted by Crippen LogP contribution is -2.51. The number of rotatable bonds is 3. The molecule has 29 heavy (non-hydrogen) atoms. The lowest BCUT2D eigenvalue weighted by atomic mass is 9.72. The van der Waals surface area contributed by atoms with Gasteiger partial charge in [0, 0.05) is 47.6 Å². The SMILES string of the molecule is COc1cc2[nH]c3c(c2cc1OC)CCN1C[C@H]2[C@H](C)OC=C(C(=O)O)[C@H]2C[C@H]31. The zero-order valence-corrected chi connectivity index (χ0v) is 16.9. The first kappa shape index (κ1) is 18.4. The maximum Gasteiger partial charge on any atom is 0.334 e. The van der Waals surface area contributed by atoms with Crippen molar-refractivity contribution in [3.8, 4) is 11.5 Å². The van der Waals surface area contributed by atoms with E-state index in [9.17, 15) is 9.90 Å². The Kier molecular flexibility index (Phi) is 4.24. The van der Waals surface area contributed by atoms with Crippen LogP contribution in [0.4, 0.5) is 0 Å². The van der Waals surface area contributed by atoms with Crippen LogP contribution in [-0.4, -0.2) is 54.4 Å². The quantitative estimate of drug-likeness (QED) is 0.827. The summed E-state index contributed by atoms with van der Waals surface area (Å²) in [5, 5.41) is 10.8. The van der Waals surface area contributed by atoms with Crippen LogP contribution in [0.1, 0.15) is 30.6 Å². The summed E-state index contributed by atoms with van der Waals surface area (Å²) in [4.78, 5) is 17.9. The third-order valence-electron chi connectivity index (χ3n) is 6.96. The van der Waals surface area contributed by atoms with Gasteiger partial charge in [0.05, 0.1) is 38.2 Å². The van der Waals surface area contributed by atoms with E-state index in [1.807, 2.05) is 19.1 Å². The molecule has 7 heteroatoms. The number of aromatic amines is 1. The molecule has 1 aromatic carbocycles. The molecule has 2 N–H and O–H groups in total. The summed E-state index contributed by atoms with van der Waals surface area (Å²) in [5.41, 5.74) is 3.94. The molecular formula is C22H26N2O5. The summed E-state index contributed by atoms with van der Waals surface area (Å²) in [7, 11) is 3.29. The molecule has 1 aromatic heterocycles. The molecule has 0 radical (unpaired) electrons. The van der Waals surface area contributed by atoms with Gasteiger partial charge in [-0.3, -0.25) is 4.90 Å². The predicted octanol–water partition coefficient (Wildman–Crippen LogP) is 3.11. The van der Waals surface area contributed by atoms with Crippen molar-refractivity contribution in [3.63, 3.8) is 0 Å².